The third kappa shape index (κ3) is 2.81. The largest absolute Gasteiger partial charge is 0.347 e. The van der Waals surface area contributed by atoms with Crippen molar-refractivity contribution in [2.75, 3.05) is 26.2 Å². The van der Waals surface area contributed by atoms with E-state index in [1.165, 1.54) is 0 Å². The number of hydrogen-bond donors (Lipinski definition) is 0. The molecule has 1 saturated heterocycles. The molecule has 132 valence electrons. The third-order valence-electron chi connectivity index (χ3n) is 5.63. The summed E-state index contributed by atoms with van der Waals surface area (Å²) in [7, 11) is 2.01. The van der Waals surface area contributed by atoms with E-state index >= 15 is 0 Å². The minimum atomic E-state index is 0.0926. The molecule has 25 heavy (non-hydrogen) atoms. The minimum absolute atomic E-state index is 0.0926. The van der Waals surface area contributed by atoms with Crippen LogP contribution in [0.1, 0.15) is 35.3 Å². The van der Waals surface area contributed by atoms with Gasteiger partial charge in [-0.1, -0.05) is 18.2 Å². The zero-order valence-electron chi connectivity index (χ0n) is 15.0. The van der Waals surface area contributed by atoms with E-state index in [1.807, 2.05) is 42.0 Å². The zero-order chi connectivity index (χ0) is 17.6. The molecule has 2 amide bonds. The number of rotatable bonds is 2. The van der Waals surface area contributed by atoms with Crippen molar-refractivity contribution in [2.45, 2.75) is 26.2 Å². The molecule has 0 spiro atoms. The molecule has 2 aromatic rings. The number of carbonyl (C=O) groups excluding carboxylic acids is 2. The summed E-state index contributed by atoms with van der Waals surface area (Å²) < 4.78 is 2.09. The first kappa shape index (κ1) is 16.2. The maximum atomic E-state index is 13.2. The lowest BCUT2D eigenvalue weighted by atomic mass is 10.1. The van der Waals surface area contributed by atoms with Crippen molar-refractivity contribution in [3.05, 3.63) is 35.5 Å². The second kappa shape index (κ2) is 6.21. The number of para-hydroxylation sites is 1. The molecule has 1 aromatic heterocycles. The molecule has 0 atom stereocenters. The average molecular weight is 339 g/mol. The Labute approximate surface area is 148 Å². The number of hydrogen-bond acceptors (Lipinski definition) is 2. The lowest BCUT2D eigenvalue weighted by Crippen LogP contribution is -2.38. The normalized spacial score (nSPS) is 18.5. The summed E-state index contributed by atoms with van der Waals surface area (Å²) >= 11 is 0. The van der Waals surface area contributed by atoms with Crippen LogP contribution in [0.4, 0.5) is 0 Å². The highest BCUT2D eigenvalue weighted by Gasteiger charge is 2.34. The first-order chi connectivity index (χ1) is 12.1. The molecule has 0 N–H and O–H groups in total. The van der Waals surface area contributed by atoms with Gasteiger partial charge >= 0.3 is 0 Å². The summed E-state index contributed by atoms with van der Waals surface area (Å²) in [6.07, 6.45) is 2.92. The summed E-state index contributed by atoms with van der Waals surface area (Å²) in [4.78, 5) is 29.4. The lowest BCUT2D eigenvalue weighted by molar-refractivity contribution is -0.132. The predicted octanol–water partition coefficient (Wildman–Crippen LogP) is 2.57. The summed E-state index contributed by atoms with van der Waals surface area (Å²) in [5, 5.41) is 1.02. The number of fused-ring (bicyclic) bond motifs is 1. The summed E-state index contributed by atoms with van der Waals surface area (Å²) in [5.41, 5.74) is 2.89. The predicted molar refractivity (Wildman–Crippen MR) is 97.5 cm³/mol. The van der Waals surface area contributed by atoms with Gasteiger partial charge in [-0.3, -0.25) is 9.59 Å². The highest BCUT2D eigenvalue weighted by atomic mass is 16.2. The molecule has 2 aliphatic rings. The van der Waals surface area contributed by atoms with Crippen LogP contribution in [-0.2, 0) is 11.8 Å². The van der Waals surface area contributed by atoms with Crippen LogP contribution < -0.4 is 0 Å². The Kier molecular flexibility index (Phi) is 4.02. The monoisotopic (exact) mass is 339 g/mol. The summed E-state index contributed by atoms with van der Waals surface area (Å²) in [6, 6.07) is 8.06. The van der Waals surface area contributed by atoms with Crippen molar-refractivity contribution in [3.8, 4) is 0 Å². The first-order valence-corrected chi connectivity index (χ1v) is 9.20. The quantitative estimate of drug-likeness (QED) is 0.844. The molecule has 1 saturated carbocycles. The number of nitrogens with zero attached hydrogens (tertiary/aromatic N) is 3. The van der Waals surface area contributed by atoms with Crippen LogP contribution in [-0.4, -0.2) is 52.4 Å². The van der Waals surface area contributed by atoms with E-state index in [0.717, 1.165) is 54.5 Å². The fourth-order valence-corrected chi connectivity index (χ4v) is 3.88. The van der Waals surface area contributed by atoms with Gasteiger partial charge in [0.1, 0.15) is 0 Å². The molecule has 0 unspecified atom stereocenters. The lowest BCUT2D eigenvalue weighted by Gasteiger charge is -2.22. The highest BCUT2D eigenvalue weighted by Crippen LogP contribution is 2.31. The van der Waals surface area contributed by atoms with Crippen LogP contribution >= 0.6 is 0 Å². The summed E-state index contributed by atoms with van der Waals surface area (Å²) in [6.45, 7) is 4.78. The van der Waals surface area contributed by atoms with E-state index in [1.54, 1.807) is 0 Å². The molecule has 1 aromatic carbocycles. The molecule has 2 heterocycles. The third-order valence-corrected chi connectivity index (χ3v) is 5.63. The van der Waals surface area contributed by atoms with Crippen molar-refractivity contribution in [1.82, 2.24) is 14.4 Å². The van der Waals surface area contributed by atoms with Crippen LogP contribution in [0.25, 0.3) is 10.9 Å². The van der Waals surface area contributed by atoms with Crippen molar-refractivity contribution in [3.63, 3.8) is 0 Å². The fourth-order valence-electron chi connectivity index (χ4n) is 3.88. The Hall–Kier alpha value is -2.30. The Balaban J connectivity index is 1.57. The average Bonchev–Trinajstić information content (AvgIpc) is 3.45. The van der Waals surface area contributed by atoms with Gasteiger partial charge in [-0.15, -0.1) is 0 Å². The van der Waals surface area contributed by atoms with E-state index < -0.39 is 0 Å². The van der Waals surface area contributed by atoms with Crippen LogP contribution in [0.2, 0.25) is 0 Å². The fraction of sp³-hybridized carbons (Fsp3) is 0.500. The van der Waals surface area contributed by atoms with Crippen molar-refractivity contribution in [1.29, 1.82) is 0 Å². The van der Waals surface area contributed by atoms with Gasteiger partial charge in [-0.2, -0.15) is 0 Å². The second-order valence-electron chi connectivity index (χ2n) is 7.28. The van der Waals surface area contributed by atoms with Gasteiger partial charge in [0.05, 0.1) is 5.56 Å². The van der Waals surface area contributed by atoms with Crippen LogP contribution in [0.5, 0.6) is 0 Å². The van der Waals surface area contributed by atoms with E-state index in [-0.39, 0.29) is 17.7 Å². The number of aryl methyl sites for hydroxylation is 1. The van der Waals surface area contributed by atoms with Gasteiger partial charge < -0.3 is 14.4 Å². The molecule has 1 aliphatic heterocycles. The van der Waals surface area contributed by atoms with E-state index in [2.05, 4.69) is 10.6 Å². The molecule has 0 radical (unpaired) electrons. The van der Waals surface area contributed by atoms with Gasteiger partial charge in [0.2, 0.25) is 5.91 Å². The van der Waals surface area contributed by atoms with Crippen molar-refractivity contribution < 1.29 is 9.59 Å². The zero-order valence-corrected chi connectivity index (χ0v) is 15.0. The maximum absolute atomic E-state index is 13.2. The minimum Gasteiger partial charge on any atom is -0.347 e. The molecule has 2 fully saturated rings. The number of carbonyl (C=O) groups is 2. The molecule has 4 rings (SSSR count). The van der Waals surface area contributed by atoms with E-state index in [9.17, 15) is 9.59 Å². The van der Waals surface area contributed by atoms with Crippen LogP contribution in [0.15, 0.2) is 24.3 Å². The van der Waals surface area contributed by atoms with Crippen molar-refractivity contribution in [2.24, 2.45) is 13.0 Å². The highest BCUT2D eigenvalue weighted by molar-refractivity contribution is 6.08. The summed E-state index contributed by atoms with van der Waals surface area (Å²) in [5.74, 6) is 0.633. The van der Waals surface area contributed by atoms with Crippen LogP contribution in [0.3, 0.4) is 0 Å². The molecule has 1 aliphatic carbocycles. The van der Waals surface area contributed by atoms with Gasteiger partial charge in [0.15, 0.2) is 0 Å². The first-order valence-electron chi connectivity index (χ1n) is 9.20. The van der Waals surface area contributed by atoms with Gasteiger partial charge in [0, 0.05) is 55.7 Å². The SMILES string of the molecule is Cc1c(C(=O)N2CCCN(C(=O)C3CC3)CC2)c2ccccc2n1C. The smallest absolute Gasteiger partial charge is 0.256 e. The second-order valence-corrected chi connectivity index (χ2v) is 7.28. The number of benzene rings is 1. The Morgan fingerprint density at radius 3 is 2.44 bits per heavy atom. The van der Waals surface area contributed by atoms with E-state index in [4.69, 9.17) is 0 Å². The standard InChI is InChI=1S/C20H25N3O2/c1-14-18(16-6-3-4-7-17(16)21(14)2)20(25)23-11-5-10-22(12-13-23)19(24)15-8-9-15/h3-4,6-7,15H,5,8-13H2,1-2H3. The Morgan fingerprint density at radius 1 is 1.00 bits per heavy atom. The molecular formula is C20H25N3O2. The number of amides is 2. The van der Waals surface area contributed by atoms with Gasteiger partial charge in [-0.25, -0.2) is 0 Å². The molecular weight excluding hydrogens is 314 g/mol. The topological polar surface area (TPSA) is 45.6 Å². The maximum Gasteiger partial charge on any atom is 0.256 e. The Bertz CT molecular complexity index is 835. The molecule has 5 nitrogen and oxygen atoms in total. The van der Waals surface area contributed by atoms with Gasteiger partial charge in [-0.05, 0) is 32.3 Å². The molecule has 0 bridgehead atoms. The number of aromatic nitrogens is 1. The van der Waals surface area contributed by atoms with Gasteiger partial charge in [0.25, 0.3) is 5.91 Å². The van der Waals surface area contributed by atoms with Crippen molar-refractivity contribution >= 4 is 22.7 Å². The van der Waals surface area contributed by atoms with Crippen LogP contribution in [0, 0.1) is 12.8 Å². The molecule has 5 heteroatoms. The Morgan fingerprint density at radius 2 is 1.68 bits per heavy atom. The van der Waals surface area contributed by atoms with E-state index in [0.29, 0.717) is 13.1 Å².